The van der Waals surface area contributed by atoms with Crippen LogP contribution < -0.4 is 0 Å². The maximum absolute atomic E-state index is 13.1. The van der Waals surface area contributed by atoms with Crippen LogP contribution in [0, 0.1) is 11.8 Å². The summed E-state index contributed by atoms with van der Waals surface area (Å²) < 4.78 is 34.6. The molecule has 8 heteroatoms. The van der Waals surface area contributed by atoms with Crippen molar-refractivity contribution in [1.82, 2.24) is 0 Å². The summed E-state index contributed by atoms with van der Waals surface area (Å²) in [5.74, 6) is -0.158. The molecule has 0 aliphatic carbocycles. The minimum atomic E-state index is -2.90. The summed E-state index contributed by atoms with van der Waals surface area (Å²) in [5.41, 5.74) is 2.54. The maximum Gasteiger partial charge on any atom is 0.343 e. The van der Waals surface area contributed by atoms with E-state index in [2.05, 4.69) is 99.7 Å². The number of hydrogen-bond acceptors (Lipinski definition) is 6. The molecule has 0 saturated heterocycles. The number of carbonyl (C=O) groups excluding carboxylic acids is 1. The standard InChI is InChI=1S/C41H64O6Si2/c1-31(2)49(32(3)4)46-30-40(44-28-36-20-16-13-17-21-36)34(6)23-25-37(42)24-22-33(5)39(43-27-35-18-14-12-15-19-35)26-38(47-49)29-45-48(10,11)41(7,8)9/h12-25,31-34,38-40H,26-30H2,1-11H3/b24-22+,25-23+/t33-,34-,38-,39+,40-/m0/s1. The van der Waals surface area contributed by atoms with Crippen molar-refractivity contribution in [2.75, 3.05) is 13.2 Å². The molecule has 0 radical (unpaired) electrons. The fourth-order valence-corrected chi connectivity index (χ4v) is 10.6. The lowest BCUT2D eigenvalue weighted by atomic mass is 9.97. The summed E-state index contributed by atoms with van der Waals surface area (Å²) in [6.07, 6.45) is 7.13. The average Bonchev–Trinajstić information content (AvgIpc) is 3.05. The van der Waals surface area contributed by atoms with Gasteiger partial charge in [0.1, 0.15) is 0 Å². The molecule has 0 aromatic heterocycles. The Kier molecular flexibility index (Phi) is 15.9. The van der Waals surface area contributed by atoms with Crippen LogP contribution in [0.1, 0.15) is 79.9 Å². The van der Waals surface area contributed by atoms with Gasteiger partial charge in [-0.3, -0.25) is 4.79 Å². The van der Waals surface area contributed by atoms with Crippen LogP contribution in [0.3, 0.4) is 0 Å². The van der Waals surface area contributed by atoms with Gasteiger partial charge >= 0.3 is 8.56 Å². The summed E-state index contributed by atoms with van der Waals surface area (Å²) in [7, 11) is -5.00. The Bertz CT molecular complexity index is 1310. The monoisotopic (exact) mass is 708 g/mol. The quantitative estimate of drug-likeness (QED) is 0.217. The number of carbonyl (C=O) groups is 1. The van der Waals surface area contributed by atoms with Gasteiger partial charge in [0.25, 0.3) is 0 Å². The summed E-state index contributed by atoms with van der Waals surface area (Å²) >= 11 is 0. The van der Waals surface area contributed by atoms with E-state index in [0.717, 1.165) is 11.1 Å². The molecule has 2 aromatic carbocycles. The van der Waals surface area contributed by atoms with E-state index in [0.29, 0.717) is 32.8 Å². The molecule has 0 spiro atoms. The van der Waals surface area contributed by atoms with E-state index in [1.54, 1.807) is 12.2 Å². The minimum absolute atomic E-state index is 0.0420. The van der Waals surface area contributed by atoms with Crippen LogP contribution in [0.4, 0.5) is 0 Å². The third-order valence-electron chi connectivity index (χ3n) is 10.3. The lowest BCUT2D eigenvalue weighted by Gasteiger charge is -2.43. The zero-order valence-electron chi connectivity index (χ0n) is 32.1. The van der Waals surface area contributed by atoms with Crippen molar-refractivity contribution in [3.8, 4) is 0 Å². The molecule has 1 aliphatic heterocycles. The van der Waals surface area contributed by atoms with Gasteiger partial charge in [-0.15, -0.1) is 0 Å². The first-order chi connectivity index (χ1) is 23.0. The Morgan fingerprint density at radius 1 is 0.796 bits per heavy atom. The van der Waals surface area contributed by atoms with E-state index < -0.39 is 16.9 Å². The van der Waals surface area contributed by atoms with Crippen molar-refractivity contribution in [3.63, 3.8) is 0 Å². The fraction of sp³-hybridized carbons (Fsp3) is 0.585. The second-order valence-electron chi connectivity index (χ2n) is 15.9. The lowest BCUT2D eigenvalue weighted by Crippen LogP contribution is -2.54. The summed E-state index contributed by atoms with van der Waals surface area (Å²) in [5, 5.41) is 0.0555. The van der Waals surface area contributed by atoms with Gasteiger partial charge in [-0.25, -0.2) is 0 Å². The van der Waals surface area contributed by atoms with Crippen LogP contribution in [0.15, 0.2) is 85.0 Å². The number of ether oxygens (including phenoxy) is 2. The van der Waals surface area contributed by atoms with Gasteiger partial charge in [-0.2, -0.15) is 0 Å². The molecule has 3 rings (SSSR count). The van der Waals surface area contributed by atoms with Gasteiger partial charge in [0.15, 0.2) is 14.1 Å². The van der Waals surface area contributed by atoms with E-state index in [9.17, 15) is 4.79 Å². The Morgan fingerprint density at radius 3 is 1.73 bits per heavy atom. The molecular formula is C41H64O6Si2. The second-order valence-corrected chi connectivity index (χ2v) is 25.0. The first-order valence-electron chi connectivity index (χ1n) is 18.2. The van der Waals surface area contributed by atoms with Crippen LogP contribution >= 0.6 is 0 Å². The SMILES string of the molecule is CC(C)[Si]1(C(C)C)OC[C@H](OCc2ccccc2)[C@@H](C)/C=C/C(=O)/C=C/[C@H](C)[C@H](OCc2ccccc2)C[C@@H](CO[Si](C)(C)C(C)(C)C)O1. The van der Waals surface area contributed by atoms with Crippen molar-refractivity contribution in [1.29, 1.82) is 0 Å². The van der Waals surface area contributed by atoms with Crippen molar-refractivity contribution in [2.45, 2.75) is 129 Å². The highest BCUT2D eigenvalue weighted by Crippen LogP contribution is 2.40. The smallest absolute Gasteiger partial charge is 0.343 e. The second kappa shape index (κ2) is 18.9. The van der Waals surface area contributed by atoms with Gasteiger partial charge in [0, 0.05) is 18.3 Å². The molecule has 0 amide bonds. The van der Waals surface area contributed by atoms with Gasteiger partial charge in [-0.05, 0) is 52.5 Å². The number of ketones is 1. The van der Waals surface area contributed by atoms with Gasteiger partial charge < -0.3 is 22.8 Å². The zero-order chi connectivity index (χ0) is 36.2. The topological polar surface area (TPSA) is 63.2 Å². The predicted molar refractivity (Wildman–Crippen MR) is 206 cm³/mol. The van der Waals surface area contributed by atoms with Crippen LogP contribution in [-0.4, -0.2) is 54.2 Å². The number of allylic oxidation sites excluding steroid dienone is 2. The largest absolute Gasteiger partial charge is 0.414 e. The Labute approximate surface area is 300 Å². The molecule has 49 heavy (non-hydrogen) atoms. The Balaban J connectivity index is 2.04. The highest BCUT2D eigenvalue weighted by molar-refractivity contribution is 6.74. The fourth-order valence-electron chi connectivity index (χ4n) is 5.84. The molecule has 5 atom stereocenters. The summed E-state index contributed by atoms with van der Waals surface area (Å²) in [6.45, 7) is 26.2. The average molecular weight is 709 g/mol. The number of benzene rings is 2. The maximum atomic E-state index is 13.1. The molecule has 1 heterocycles. The Morgan fingerprint density at radius 2 is 1.27 bits per heavy atom. The minimum Gasteiger partial charge on any atom is -0.414 e. The van der Waals surface area contributed by atoms with E-state index in [-0.39, 0.29) is 52.1 Å². The molecule has 0 fully saturated rings. The molecule has 2 aromatic rings. The van der Waals surface area contributed by atoms with Crippen LogP contribution in [0.25, 0.3) is 0 Å². The van der Waals surface area contributed by atoms with E-state index in [1.807, 2.05) is 48.6 Å². The molecule has 6 nitrogen and oxygen atoms in total. The first kappa shape index (κ1) is 41.2. The highest BCUT2D eigenvalue weighted by Gasteiger charge is 2.48. The normalized spacial score (nSPS) is 25.9. The highest BCUT2D eigenvalue weighted by atomic mass is 28.4. The van der Waals surface area contributed by atoms with Crippen molar-refractivity contribution in [3.05, 3.63) is 96.1 Å². The van der Waals surface area contributed by atoms with Gasteiger partial charge in [-0.1, -0.05) is 135 Å². The predicted octanol–water partition coefficient (Wildman–Crippen LogP) is 10.2. The number of rotatable bonds is 11. The third-order valence-corrected chi connectivity index (χ3v) is 19.3. The molecule has 0 N–H and O–H groups in total. The third kappa shape index (κ3) is 12.5. The first-order valence-corrected chi connectivity index (χ1v) is 23.1. The van der Waals surface area contributed by atoms with E-state index >= 15 is 0 Å². The molecule has 0 bridgehead atoms. The van der Waals surface area contributed by atoms with E-state index in [1.165, 1.54) is 0 Å². The van der Waals surface area contributed by atoms with Crippen LogP contribution in [0.2, 0.25) is 29.2 Å². The number of hydrogen-bond donors (Lipinski definition) is 0. The molecule has 0 saturated carbocycles. The summed E-state index contributed by atoms with van der Waals surface area (Å²) in [6, 6.07) is 20.4. The Hall–Kier alpha value is -2.18. The van der Waals surface area contributed by atoms with Crippen molar-refractivity contribution < 1.29 is 27.5 Å². The molecule has 272 valence electrons. The zero-order valence-corrected chi connectivity index (χ0v) is 34.1. The van der Waals surface area contributed by atoms with Crippen LogP contribution in [-0.2, 0) is 40.8 Å². The molecule has 1 aliphatic rings. The van der Waals surface area contributed by atoms with Crippen molar-refractivity contribution >= 4 is 22.7 Å². The molecule has 0 unspecified atom stereocenters. The lowest BCUT2D eigenvalue weighted by molar-refractivity contribution is -0.110. The van der Waals surface area contributed by atoms with Gasteiger partial charge in [0.05, 0.1) is 44.7 Å². The van der Waals surface area contributed by atoms with Crippen LogP contribution in [0.5, 0.6) is 0 Å². The van der Waals surface area contributed by atoms with E-state index in [4.69, 9.17) is 22.8 Å². The van der Waals surface area contributed by atoms with Gasteiger partial charge in [0.2, 0.25) is 0 Å². The van der Waals surface area contributed by atoms with Crippen molar-refractivity contribution in [2.24, 2.45) is 11.8 Å². The molecular weight excluding hydrogens is 645 g/mol. The summed E-state index contributed by atoms with van der Waals surface area (Å²) in [4.78, 5) is 13.1.